The average Bonchev–Trinajstić information content (AvgIpc) is 2.74. The Morgan fingerprint density at radius 3 is 2.39 bits per heavy atom. The number of halogens is 1. The molecule has 1 atom stereocenters. The first-order chi connectivity index (χ1) is 14.6. The van der Waals surface area contributed by atoms with Crippen molar-refractivity contribution in [3.8, 4) is 0 Å². The number of nitrogens with zero attached hydrogens (tertiary/aromatic N) is 2. The van der Waals surface area contributed by atoms with E-state index in [2.05, 4.69) is 10.5 Å². The summed E-state index contributed by atoms with van der Waals surface area (Å²) in [5.74, 6) is -0.856. The molecule has 1 aliphatic rings. The van der Waals surface area contributed by atoms with E-state index in [1.165, 1.54) is 35.4 Å². The van der Waals surface area contributed by atoms with Crippen molar-refractivity contribution < 1.29 is 23.8 Å². The number of hydrogen-bond donors (Lipinski definition) is 2. The molecule has 164 valence electrons. The molecule has 0 aromatic heterocycles. The number of carbonyl (C=O) groups excluding carboxylic acids is 1. The van der Waals surface area contributed by atoms with Gasteiger partial charge in [-0.25, -0.2) is 14.6 Å². The summed E-state index contributed by atoms with van der Waals surface area (Å²) >= 11 is 0. The third-order valence-corrected chi connectivity index (χ3v) is 5.47. The number of carboxylic acid groups (broad SMARTS) is 1. The number of rotatable bonds is 4. The molecule has 0 saturated carbocycles. The molecule has 1 fully saturated rings. The van der Waals surface area contributed by atoms with Crippen LogP contribution < -0.4 is 5.43 Å². The molecule has 0 aliphatic carbocycles. The van der Waals surface area contributed by atoms with E-state index in [-0.39, 0.29) is 12.0 Å². The van der Waals surface area contributed by atoms with E-state index >= 15 is 0 Å². The zero-order chi connectivity index (χ0) is 22.6. The van der Waals surface area contributed by atoms with Crippen LogP contribution in [0.15, 0.2) is 53.6 Å². The van der Waals surface area contributed by atoms with Gasteiger partial charge < -0.3 is 14.7 Å². The number of nitrogens with one attached hydrogen (secondary N) is 1. The fourth-order valence-electron chi connectivity index (χ4n) is 3.62. The fourth-order valence-corrected chi connectivity index (χ4v) is 3.62. The van der Waals surface area contributed by atoms with E-state index in [1.807, 2.05) is 45.0 Å². The van der Waals surface area contributed by atoms with Crippen molar-refractivity contribution in [1.29, 1.82) is 0 Å². The average molecular weight is 427 g/mol. The van der Waals surface area contributed by atoms with Crippen molar-refractivity contribution in [2.75, 3.05) is 19.7 Å². The molecule has 0 spiro atoms. The predicted molar refractivity (Wildman–Crippen MR) is 115 cm³/mol. The first-order valence-electron chi connectivity index (χ1n) is 9.94. The second-order valence-electron chi connectivity index (χ2n) is 8.46. The van der Waals surface area contributed by atoms with Crippen LogP contribution in [0.3, 0.4) is 0 Å². The molecule has 1 saturated heterocycles. The second kappa shape index (κ2) is 8.85. The zero-order valence-electron chi connectivity index (χ0n) is 17.8. The standard InChI is InChI=1S/C23H26FN3O4/c1-22(2,3)23(15-27(21(29)30)12-13-31-23)18-8-4-16(5-9-18)14-25-26-20(28)17-6-10-19(24)11-7-17/h4-11,14H,12-13,15H2,1-3H3,(H,26,28)(H,29,30). The molecule has 2 aromatic carbocycles. The highest BCUT2D eigenvalue weighted by Crippen LogP contribution is 2.45. The van der Waals surface area contributed by atoms with Gasteiger partial charge in [-0.05, 0) is 40.8 Å². The molecular weight excluding hydrogens is 401 g/mol. The van der Waals surface area contributed by atoms with E-state index in [0.29, 0.717) is 18.7 Å². The van der Waals surface area contributed by atoms with Crippen molar-refractivity contribution in [1.82, 2.24) is 10.3 Å². The molecule has 7 nitrogen and oxygen atoms in total. The Hall–Kier alpha value is -3.26. The third-order valence-electron chi connectivity index (χ3n) is 5.47. The normalized spacial score (nSPS) is 19.4. The topological polar surface area (TPSA) is 91.2 Å². The van der Waals surface area contributed by atoms with Gasteiger partial charge in [-0.15, -0.1) is 0 Å². The maximum Gasteiger partial charge on any atom is 0.407 e. The molecule has 0 bridgehead atoms. The molecule has 2 N–H and O–H groups in total. The molecule has 3 rings (SSSR count). The number of amides is 2. The van der Waals surface area contributed by atoms with Crippen LogP contribution in [-0.2, 0) is 10.3 Å². The fraction of sp³-hybridized carbons (Fsp3) is 0.348. The lowest BCUT2D eigenvalue weighted by Gasteiger charge is -2.50. The summed E-state index contributed by atoms with van der Waals surface area (Å²) < 4.78 is 19.1. The van der Waals surface area contributed by atoms with Crippen molar-refractivity contribution >= 4 is 18.2 Å². The van der Waals surface area contributed by atoms with Gasteiger partial charge in [0.05, 0.1) is 19.4 Å². The number of benzene rings is 2. The minimum atomic E-state index is -0.961. The van der Waals surface area contributed by atoms with Gasteiger partial charge in [-0.2, -0.15) is 5.10 Å². The lowest BCUT2D eigenvalue weighted by atomic mass is 9.71. The smallest absolute Gasteiger partial charge is 0.407 e. The largest absolute Gasteiger partial charge is 0.465 e. The van der Waals surface area contributed by atoms with Gasteiger partial charge in [-0.1, -0.05) is 45.0 Å². The minimum Gasteiger partial charge on any atom is -0.465 e. The van der Waals surface area contributed by atoms with Crippen LogP contribution in [0.25, 0.3) is 0 Å². The highest BCUT2D eigenvalue weighted by molar-refractivity contribution is 5.94. The highest BCUT2D eigenvalue weighted by atomic mass is 19.1. The van der Waals surface area contributed by atoms with E-state index < -0.39 is 23.4 Å². The Morgan fingerprint density at radius 1 is 1.16 bits per heavy atom. The first kappa shape index (κ1) is 22.4. The quantitative estimate of drug-likeness (QED) is 0.573. The number of carbonyl (C=O) groups is 2. The van der Waals surface area contributed by atoms with Gasteiger partial charge in [0.1, 0.15) is 11.4 Å². The number of ether oxygens (including phenoxy) is 1. The van der Waals surface area contributed by atoms with Crippen LogP contribution >= 0.6 is 0 Å². The second-order valence-corrected chi connectivity index (χ2v) is 8.46. The van der Waals surface area contributed by atoms with Crippen LogP contribution in [0.5, 0.6) is 0 Å². The summed E-state index contributed by atoms with van der Waals surface area (Å²) in [5, 5.41) is 13.4. The Labute approximate surface area is 180 Å². The van der Waals surface area contributed by atoms with Crippen LogP contribution in [-0.4, -0.2) is 47.9 Å². The van der Waals surface area contributed by atoms with Crippen LogP contribution in [0.2, 0.25) is 0 Å². The third kappa shape index (κ3) is 4.91. The molecule has 8 heteroatoms. The van der Waals surface area contributed by atoms with Gasteiger partial charge in [0.15, 0.2) is 0 Å². The molecule has 2 aromatic rings. The lowest BCUT2D eigenvalue weighted by molar-refractivity contribution is -0.166. The minimum absolute atomic E-state index is 0.243. The van der Waals surface area contributed by atoms with Gasteiger partial charge in [-0.3, -0.25) is 4.79 Å². The summed E-state index contributed by atoms with van der Waals surface area (Å²) in [6.45, 7) is 6.98. The van der Waals surface area contributed by atoms with Crippen LogP contribution in [0.4, 0.5) is 9.18 Å². The molecule has 2 amide bonds. The van der Waals surface area contributed by atoms with Crippen molar-refractivity contribution in [3.05, 3.63) is 71.0 Å². The van der Waals surface area contributed by atoms with E-state index in [0.717, 1.165) is 11.1 Å². The monoisotopic (exact) mass is 427 g/mol. The maximum absolute atomic E-state index is 13.0. The summed E-state index contributed by atoms with van der Waals surface area (Å²) in [6, 6.07) is 12.6. The Balaban J connectivity index is 1.74. The lowest BCUT2D eigenvalue weighted by Crippen LogP contribution is -2.57. The molecule has 1 unspecified atom stereocenters. The van der Waals surface area contributed by atoms with E-state index in [1.54, 1.807) is 0 Å². The van der Waals surface area contributed by atoms with Gasteiger partial charge in [0, 0.05) is 12.1 Å². The Kier molecular flexibility index (Phi) is 6.40. The summed E-state index contributed by atoms with van der Waals surface area (Å²) in [4.78, 5) is 25.0. The van der Waals surface area contributed by atoms with Crippen molar-refractivity contribution in [3.63, 3.8) is 0 Å². The molecule has 1 heterocycles. The highest BCUT2D eigenvalue weighted by Gasteiger charge is 2.48. The van der Waals surface area contributed by atoms with Gasteiger partial charge in [0.25, 0.3) is 5.91 Å². The summed E-state index contributed by atoms with van der Waals surface area (Å²) in [5.41, 5.74) is 3.20. The first-order valence-corrected chi connectivity index (χ1v) is 9.94. The van der Waals surface area contributed by atoms with Gasteiger partial charge in [0.2, 0.25) is 0 Å². The number of hydrazone groups is 1. The molecule has 31 heavy (non-hydrogen) atoms. The number of morpholine rings is 1. The van der Waals surface area contributed by atoms with E-state index in [9.17, 15) is 19.1 Å². The maximum atomic E-state index is 13.0. The molecular formula is C23H26FN3O4. The van der Waals surface area contributed by atoms with Crippen molar-refractivity contribution in [2.24, 2.45) is 10.5 Å². The van der Waals surface area contributed by atoms with Crippen LogP contribution in [0.1, 0.15) is 42.3 Å². The zero-order valence-corrected chi connectivity index (χ0v) is 17.8. The Morgan fingerprint density at radius 2 is 1.81 bits per heavy atom. The van der Waals surface area contributed by atoms with Crippen molar-refractivity contribution in [2.45, 2.75) is 26.4 Å². The molecule has 1 aliphatic heterocycles. The van der Waals surface area contributed by atoms with Gasteiger partial charge >= 0.3 is 6.09 Å². The Bertz CT molecular complexity index is 968. The van der Waals surface area contributed by atoms with E-state index in [4.69, 9.17) is 4.74 Å². The van der Waals surface area contributed by atoms with Crippen LogP contribution in [0, 0.1) is 11.2 Å². The predicted octanol–water partition coefficient (Wildman–Crippen LogP) is 3.84. The SMILES string of the molecule is CC(C)(C)C1(c2ccc(C=NNC(=O)c3ccc(F)cc3)cc2)CN(C(=O)O)CCO1. The summed E-state index contributed by atoms with van der Waals surface area (Å²) in [7, 11) is 0. The number of hydrogen-bond acceptors (Lipinski definition) is 4. The summed E-state index contributed by atoms with van der Waals surface area (Å²) in [6.07, 6.45) is 0.540. The molecule has 0 radical (unpaired) electrons.